The lowest BCUT2D eigenvalue weighted by atomic mass is 9.86. The van der Waals surface area contributed by atoms with Crippen molar-refractivity contribution >= 4 is 5.91 Å². The minimum atomic E-state index is -0.0508. The molecule has 0 heterocycles. The molecule has 0 bridgehead atoms. The summed E-state index contributed by atoms with van der Waals surface area (Å²) < 4.78 is 5.64. The molecule has 1 aromatic carbocycles. The molecule has 1 saturated carbocycles. The molecule has 1 aliphatic rings. The highest BCUT2D eigenvalue weighted by Crippen LogP contribution is 2.24. The SMILES string of the molecule is CC(C)=CCOc1cccc(C(=O)NC2CCC(CO)CC2)c1. The van der Waals surface area contributed by atoms with Gasteiger partial charge in [0.2, 0.25) is 0 Å². The summed E-state index contributed by atoms with van der Waals surface area (Å²) in [5, 5.41) is 12.3. The fourth-order valence-corrected chi connectivity index (χ4v) is 2.79. The van der Waals surface area contributed by atoms with E-state index in [0.29, 0.717) is 23.8 Å². The Balaban J connectivity index is 1.88. The summed E-state index contributed by atoms with van der Waals surface area (Å²) in [6, 6.07) is 7.51. The first-order valence-corrected chi connectivity index (χ1v) is 8.36. The molecule has 0 aliphatic heterocycles. The van der Waals surface area contributed by atoms with E-state index in [9.17, 15) is 4.79 Å². The number of allylic oxidation sites excluding steroid dienone is 1. The van der Waals surface area contributed by atoms with Crippen molar-refractivity contribution in [1.29, 1.82) is 0 Å². The maximum Gasteiger partial charge on any atom is 0.251 e. The summed E-state index contributed by atoms with van der Waals surface area (Å²) >= 11 is 0. The summed E-state index contributed by atoms with van der Waals surface area (Å²) in [5.74, 6) is 1.05. The van der Waals surface area contributed by atoms with Crippen LogP contribution in [0.1, 0.15) is 49.9 Å². The number of carbonyl (C=O) groups excluding carboxylic acids is 1. The molecule has 0 radical (unpaired) electrons. The van der Waals surface area contributed by atoms with Crippen LogP contribution in [0.2, 0.25) is 0 Å². The van der Waals surface area contributed by atoms with Gasteiger partial charge in [0.25, 0.3) is 5.91 Å². The van der Waals surface area contributed by atoms with Crippen LogP contribution in [0.5, 0.6) is 5.75 Å². The first kappa shape index (κ1) is 17.5. The van der Waals surface area contributed by atoms with Crippen molar-refractivity contribution in [2.45, 2.75) is 45.6 Å². The van der Waals surface area contributed by atoms with Crippen molar-refractivity contribution in [2.24, 2.45) is 5.92 Å². The molecule has 0 spiro atoms. The molecule has 2 N–H and O–H groups in total. The summed E-state index contributed by atoms with van der Waals surface area (Å²) in [7, 11) is 0. The molecule has 2 rings (SSSR count). The largest absolute Gasteiger partial charge is 0.490 e. The zero-order valence-electron chi connectivity index (χ0n) is 14.0. The van der Waals surface area contributed by atoms with Crippen LogP contribution < -0.4 is 10.1 Å². The van der Waals surface area contributed by atoms with Gasteiger partial charge >= 0.3 is 0 Å². The average molecular weight is 317 g/mol. The number of aliphatic hydroxyl groups is 1. The number of amides is 1. The van der Waals surface area contributed by atoms with Gasteiger partial charge in [-0.25, -0.2) is 0 Å². The van der Waals surface area contributed by atoms with Gasteiger partial charge in [0.05, 0.1) is 0 Å². The van der Waals surface area contributed by atoms with Crippen molar-refractivity contribution in [3.05, 3.63) is 41.5 Å². The highest BCUT2D eigenvalue weighted by atomic mass is 16.5. The lowest BCUT2D eigenvalue weighted by molar-refractivity contribution is 0.0913. The van der Waals surface area contributed by atoms with Crippen LogP contribution in [0.25, 0.3) is 0 Å². The van der Waals surface area contributed by atoms with E-state index in [-0.39, 0.29) is 18.6 Å². The molecule has 1 fully saturated rings. The van der Waals surface area contributed by atoms with Crippen molar-refractivity contribution in [3.8, 4) is 5.75 Å². The lowest BCUT2D eigenvalue weighted by Crippen LogP contribution is -2.38. The van der Waals surface area contributed by atoms with E-state index < -0.39 is 0 Å². The maximum absolute atomic E-state index is 12.4. The van der Waals surface area contributed by atoms with E-state index in [2.05, 4.69) is 5.32 Å². The predicted octanol–water partition coefficient (Wildman–Crippen LogP) is 3.31. The summed E-state index contributed by atoms with van der Waals surface area (Å²) in [6.45, 7) is 4.82. The summed E-state index contributed by atoms with van der Waals surface area (Å²) in [6.07, 6.45) is 5.84. The number of rotatable bonds is 6. The second kappa shape index (κ2) is 8.73. The molecule has 0 saturated heterocycles. The highest BCUT2D eigenvalue weighted by Gasteiger charge is 2.22. The molecule has 0 atom stereocenters. The van der Waals surface area contributed by atoms with Gasteiger partial charge in [0, 0.05) is 18.2 Å². The van der Waals surface area contributed by atoms with Crippen LogP contribution in [0, 0.1) is 5.92 Å². The van der Waals surface area contributed by atoms with Crippen LogP contribution in [-0.4, -0.2) is 30.3 Å². The standard InChI is InChI=1S/C19H27NO3/c1-14(2)10-11-23-18-5-3-4-16(12-18)19(22)20-17-8-6-15(13-21)7-9-17/h3-5,10,12,15,17,21H,6-9,11,13H2,1-2H3,(H,20,22). The molecule has 0 unspecified atom stereocenters. The van der Waals surface area contributed by atoms with Gasteiger partial charge in [-0.2, -0.15) is 0 Å². The normalized spacial score (nSPS) is 20.7. The van der Waals surface area contributed by atoms with Crippen molar-refractivity contribution < 1.29 is 14.6 Å². The number of hydrogen-bond donors (Lipinski definition) is 2. The predicted molar refractivity (Wildman–Crippen MR) is 91.7 cm³/mol. The third-order valence-electron chi connectivity index (χ3n) is 4.28. The van der Waals surface area contributed by atoms with E-state index in [1.807, 2.05) is 38.1 Å². The van der Waals surface area contributed by atoms with E-state index >= 15 is 0 Å². The third kappa shape index (κ3) is 5.71. The van der Waals surface area contributed by atoms with Gasteiger partial charge in [-0.3, -0.25) is 4.79 Å². The van der Waals surface area contributed by atoms with Gasteiger partial charge in [0.15, 0.2) is 0 Å². The Morgan fingerprint density at radius 1 is 1.30 bits per heavy atom. The fraction of sp³-hybridized carbons (Fsp3) is 0.526. The zero-order valence-corrected chi connectivity index (χ0v) is 14.0. The molecule has 0 aromatic heterocycles. The monoisotopic (exact) mass is 317 g/mol. The molecule has 1 amide bonds. The highest BCUT2D eigenvalue weighted by molar-refractivity contribution is 5.94. The topological polar surface area (TPSA) is 58.6 Å². The molecule has 4 heteroatoms. The number of aliphatic hydroxyl groups excluding tert-OH is 1. The van der Waals surface area contributed by atoms with Crippen molar-refractivity contribution in [1.82, 2.24) is 5.32 Å². The third-order valence-corrected chi connectivity index (χ3v) is 4.28. The molecule has 4 nitrogen and oxygen atoms in total. The molecule has 126 valence electrons. The van der Waals surface area contributed by atoms with Crippen LogP contribution >= 0.6 is 0 Å². The Kier molecular flexibility index (Phi) is 6.66. The Morgan fingerprint density at radius 3 is 2.70 bits per heavy atom. The minimum absolute atomic E-state index is 0.0508. The van der Waals surface area contributed by atoms with Crippen LogP contribution in [0.15, 0.2) is 35.9 Å². The molecule has 1 aromatic rings. The summed E-state index contributed by atoms with van der Waals surface area (Å²) in [4.78, 5) is 12.4. The molecule has 23 heavy (non-hydrogen) atoms. The van der Waals surface area contributed by atoms with Gasteiger partial charge in [0.1, 0.15) is 12.4 Å². The first-order chi connectivity index (χ1) is 11.1. The minimum Gasteiger partial charge on any atom is -0.490 e. The Bertz CT molecular complexity index is 541. The quantitative estimate of drug-likeness (QED) is 0.791. The van der Waals surface area contributed by atoms with Crippen LogP contribution in [-0.2, 0) is 0 Å². The average Bonchev–Trinajstić information content (AvgIpc) is 2.55. The van der Waals surface area contributed by atoms with Crippen LogP contribution in [0.4, 0.5) is 0 Å². The van der Waals surface area contributed by atoms with Crippen molar-refractivity contribution in [2.75, 3.05) is 13.2 Å². The number of hydrogen-bond acceptors (Lipinski definition) is 3. The second-order valence-electron chi connectivity index (χ2n) is 6.49. The summed E-state index contributed by atoms with van der Waals surface area (Å²) in [5.41, 5.74) is 1.83. The zero-order chi connectivity index (χ0) is 16.7. The van der Waals surface area contributed by atoms with Crippen LogP contribution in [0.3, 0.4) is 0 Å². The van der Waals surface area contributed by atoms with Gasteiger partial charge in [-0.05, 0) is 69.7 Å². The first-order valence-electron chi connectivity index (χ1n) is 8.36. The fourth-order valence-electron chi connectivity index (χ4n) is 2.79. The van der Waals surface area contributed by atoms with Gasteiger partial charge in [-0.1, -0.05) is 11.6 Å². The Labute approximate surface area is 138 Å². The smallest absolute Gasteiger partial charge is 0.251 e. The number of carbonyl (C=O) groups is 1. The van der Waals surface area contributed by atoms with E-state index in [1.165, 1.54) is 5.57 Å². The number of benzene rings is 1. The number of ether oxygens (including phenoxy) is 1. The molecular weight excluding hydrogens is 290 g/mol. The van der Waals surface area contributed by atoms with Gasteiger partial charge in [-0.15, -0.1) is 0 Å². The van der Waals surface area contributed by atoms with E-state index in [4.69, 9.17) is 9.84 Å². The lowest BCUT2D eigenvalue weighted by Gasteiger charge is -2.28. The van der Waals surface area contributed by atoms with E-state index in [1.54, 1.807) is 6.07 Å². The second-order valence-corrected chi connectivity index (χ2v) is 6.49. The van der Waals surface area contributed by atoms with Gasteiger partial charge < -0.3 is 15.2 Å². The molecular formula is C19H27NO3. The molecule has 1 aliphatic carbocycles. The Morgan fingerprint density at radius 2 is 2.04 bits per heavy atom. The maximum atomic E-state index is 12.4. The van der Waals surface area contributed by atoms with E-state index in [0.717, 1.165) is 25.7 Å². The Hall–Kier alpha value is -1.81. The van der Waals surface area contributed by atoms with Crippen molar-refractivity contribution in [3.63, 3.8) is 0 Å². The number of nitrogens with one attached hydrogen (secondary N) is 1.